The van der Waals surface area contributed by atoms with Crippen LogP contribution < -0.4 is 0 Å². The first-order valence-corrected chi connectivity index (χ1v) is 7.98. The SMILES string of the molecule is CCOC(=O)/C(=C/c1cc(C)c(O)c(C)c1)OC1CCCCO1. The van der Waals surface area contributed by atoms with Gasteiger partial charge in [-0.2, -0.15) is 0 Å². The van der Waals surface area contributed by atoms with Crippen LogP contribution in [-0.4, -0.2) is 30.6 Å². The van der Waals surface area contributed by atoms with Gasteiger partial charge in [-0.25, -0.2) is 4.79 Å². The molecule has 0 amide bonds. The minimum atomic E-state index is -0.509. The molecule has 2 rings (SSSR count). The topological polar surface area (TPSA) is 65.0 Å². The normalized spacial score (nSPS) is 18.6. The molecule has 1 atom stereocenters. The summed E-state index contributed by atoms with van der Waals surface area (Å²) in [7, 11) is 0. The number of phenols is 1. The van der Waals surface area contributed by atoms with Gasteiger partial charge in [0.15, 0.2) is 6.29 Å². The average Bonchev–Trinajstić information content (AvgIpc) is 2.53. The second-order valence-corrected chi connectivity index (χ2v) is 5.65. The fourth-order valence-electron chi connectivity index (χ4n) is 2.51. The molecule has 5 heteroatoms. The van der Waals surface area contributed by atoms with Gasteiger partial charge in [0.05, 0.1) is 13.2 Å². The molecule has 0 spiro atoms. The van der Waals surface area contributed by atoms with Gasteiger partial charge >= 0.3 is 5.97 Å². The predicted octanol–water partition coefficient (Wildman–Crippen LogP) is 3.46. The Kier molecular flexibility index (Phi) is 6.04. The summed E-state index contributed by atoms with van der Waals surface area (Å²) in [5.41, 5.74) is 2.26. The summed E-state index contributed by atoms with van der Waals surface area (Å²) in [5.74, 6) is -0.121. The summed E-state index contributed by atoms with van der Waals surface area (Å²) in [5, 5.41) is 9.86. The van der Waals surface area contributed by atoms with Crippen molar-refractivity contribution in [2.45, 2.75) is 46.3 Å². The zero-order valence-electron chi connectivity index (χ0n) is 13.9. The number of phenolic OH excluding ortho intramolecular Hbond substituents is 1. The smallest absolute Gasteiger partial charge is 0.373 e. The van der Waals surface area contributed by atoms with Gasteiger partial charge in [-0.3, -0.25) is 0 Å². The fourth-order valence-corrected chi connectivity index (χ4v) is 2.51. The number of rotatable bonds is 5. The molecule has 1 aromatic rings. The van der Waals surface area contributed by atoms with Gasteiger partial charge in [-0.05, 0) is 68.5 Å². The first kappa shape index (κ1) is 17.3. The molecule has 0 aromatic heterocycles. The summed E-state index contributed by atoms with van der Waals surface area (Å²) >= 11 is 0. The molecule has 0 radical (unpaired) electrons. The standard InChI is InChI=1S/C18H24O5/c1-4-21-18(20)15(23-16-7-5-6-8-22-16)11-14-9-12(2)17(19)13(3)10-14/h9-11,16,19H,4-8H2,1-3H3/b15-11-. The van der Waals surface area contributed by atoms with E-state index in [-0.39, 0.29) is 18.1 Å². The molecule has 1 aliphatic rings. The van der Waals surface area contributed by atoms with E-state index in [0.717, 1.165) is 36.0 Å². The third-order valence-electron chi connectivity index (χ3n) is 3.68. The predicted molar refractivity (Wildman–Crippen MR) is 86.9 cm³/mol. The van der Waals surface area contributed by atoms with Gasteiger partial charge in [0.25, 0.3) is 0 Å². The molecular weight excluding hydrogens is 296 g/mol. The molecule has 0 saturated carbocycles. The molecule has 1 saturated heterocycles. The van der Waals surface area contributed by atoms with E-state index in [9.17, 15) is 9.90 Å². The minimum Gasteiger partial charge on any atom is -0.507 e. The fraction of sp³-hybridized carbons (Fsp3) is 0.500. The summed E-state index contributed by atoms with van der Waals surface area (Å²) in [6.07, 6.45) is 3.99. The number of benzene rings is 1. The second kappa shape index (κ2) is 8.02. The molecule has 5 nitrogen and oxygen atoms in total. The van der Waals surface area contributed by atoms with Crippen molar-refractivity contribution in [3.63, 3.8) is 0 Å². The van der Waals surface area contributed by atoms with Gasteiger partial charge in [-0.1, -0.05) is 0 Å². The molecule has 1 fully saturated rings. The van der Waals surface area contributed by atoms with Crippen LogP contribution in [0.1, 0.15) is 42.9 Å². The summed E-state index contributed by atoms with van der Waals surface area (Å²) in [4.78, 5) is 12.1. The third kappa shape index (κ3) is 4.73. The van der Waals surface area contributed by atoms with E-state index in [4.69, 9.17) is 14.2 Å². The number of esters is 1. The Morgan fingerprint density at radius 3 is 2.61 bits per heavy atom. The van der Waals surface area contributed by atoms with Gasteiger partial charge in [-0.15, -0.1) is 0 Å². The number of hydrogen-bond acceptors (Lipinski definition) is 5. The summed E-state index contributed by atoms with van der Waals surface area (Å²) < 4.78 is 16.3. The maximum Gasteiger partial charge on any atom is 0.373 e. The highest BCUT2D eigenvalue weighted by molar-refractivity contribution is 5.91. The van der Waals surface area contributed by atoms with Gasteiger partial charge in [0, 0.05) is 6.42 Å². The van der Waals surface area contributed by atoms with Crippen LogP contribution in [0.4, 0.5) is 0 Å². The van der Waals surface area contributed by atoms with Crippen LogP contribution in [-0.2, 0) is 19.0 Å². The van der Waals surface area contributed by atoms with Crippen LogP contribution in [0.3, 0.4) is 0 Å². The highest BCUT2D eigenvalue weighted by Crippen LogP contribution is 2.25. The van der Waals surface area contributed by atoms with Crippen molar-refractivity contribution in [2.24, 2.45) is 0 Å². The van der Waals surface area contributed by atoms with Crippen LogP contribution in [0.5, 0.6) is 5.75 Å². The van der Waals surface area contributed by atoms with E-state index in [1.807, 2.05) is 13.8 Å². The van der Waals surface area contributed by atoms with Gasteiger partial charge in [0.1, 0.15) is 5.75 Å². The molecule has 0 aliphatic carbocycles. The summed E-state index contributed by atoms with van der Waals surface area (Å²) in [6.45, 7) is 6.29. The Balaban J connectivity index is 2.26. The maximum atomic E-state index is 12.1. The average molecular weight is 320 g/mol. The Morgan fingerprint density at radius 2 is 2.04 bits per heavy atom. The van der Waals surface area contributed by atoms with E-state index in [1.165, 1.54) is 0 Å². The molecule has 23 heavy (non-hydrogen) atoms. The van der Waals surface area contributed by atoms with E-state index >= 15 is 0 Å². The highest BCUT2D eigenvalue weighted by atomic mass is 16.7. The van der Waals surface area contributed by atoms with Crippen molar-refractivity contribution in [1.29, 1.82) is 0 Å². The molecule has 1 unspecified atom stereocenters. The Hall–Kier alpha value is -2.01. The first-order valence-electron chi connectivity index (χ1n) is 7.98. The van der Waals surface area contributed by atoms with Crippen molar-refractivity contribution >= 4 is 12.0 Å². The van der Waals surface area contributed by atoms with E-state index in [1.54, 1.807) is 25.1 Å². The first-order chi connectivity index (χ1) is 11.0. The largest absolute Gasteiger partial charge is 0.507 e. The van der Waals surface area contributed by atoms with Crippen LogP contribution >= 0.6 is 0 Å². The molecule has 0 bridgehead atoms. The lowest BCUT2D eigenvalue weighted by Crippen LogP contribution is -2.24. The molecule has 126 valence electrons. The van der Waals surface area contributed by atoms with E-state index in [0.29, 0.717) is 6.61 Å². The van der Waals surface area contributed by atoms with Gasteiger partial charge < -0.3 is 19.3 Å². The van der Waals surface area contributed by atoms with Crippen LogP contribution in [0.2, 0.25) is 0 Å². The van der Waals surface area contributed by atoms with Crippen molar-refractivity contribution in [2.75, 3.05) is 13.2 Å². The number of hydrogen-bond donors (Lipinski definition) is 1. The van der Waals surface area contributed by atoms with Crippen LogP contribution in [0.25, 0.3) is 6.08 Å². The van der Waals surface area contributed by atoms with E-state index in [2.05, 4.69) is 0 Å². The molecular formula is C18H24O5. The van der Waals surface area contributed by atoms with E-state index < -0.39 is 12.3 Å². The van der Waals surface area contributed by atoms with Gasteiger partial charge in [0.2, 0.25) is 5.76 Å². The zero-order chi connectivity index (χ0) is 16.8. The number of carbonyl (C=O) groups is 1. The Labute approximate surface area is 136 Å². The lowest BCUT2D eigenvalue weighted by molar-refractivity contribution is -0.162. The molecule has 1 heterocycles. The number of aryl methyl sites for hydroxylation is 2. The molecule has 1 N–H and O–H groups in total. The van der Waals surface area contributed by atoms with Crippen molar-refractivity contribution in [3.8, 4) is 5.75 Å². The monoisotopic (exact) mass is 320 g/mol. The lowest BCUT2D eigenvalue weighted by Gasteiger charge is -2.24. The van der Waals surface area contributed by atoms with Crippen LogP contribution in [0, 0.1) is 13.8 Å². The maximum absolute atomic E-state index is 12.1. The molecule has 1 aliphatic heterocycles. The third-order valence-corrected chi connectivity index (χ3v) is 3.68. The molecule has 1 aromatic carbocycles. The Bertz CT molecular complexity index is 562. The van der Waals surface area contributed by atoms with Crippen molar-refractivity contribution in [1.82, 2.24) is 0 Å². The minimum absolute atomic E-state index is 0.128. The lowest BCUT2D eigenvalue weighted by atomic mass is 10.1. The highest BCUT2D eigenvalue weighted by Gasteiger charge is 2.21. The number of aromatic hydroxyl groups is 1. The zero-order valence-corrected chi connectivity index (χ0v) is 13.9. The van der Waals surface area contributed by atoms with Crippen LogP contribution in [0.15, 0.2) is 17.9 Å². The second-order valence-electron chi connectivity index (χ2n) is 5.65. The Morgan fingerprint density at radius 1 is 1.35 bits per heavy atom. The van der Waals surface area contributed by atoms with Crippen molar-refractivity contribution < 1.29 is 24.1 Å². The van der Waals surface area contributed by atoms with Crippen molar-refractivity contribution in [3.05, 3.63) is 34.6 Å². The summed E-state index contributed by atoms with van der Waals surface area (Å²) in [6, 6.07) is 3.60. The quantitative estimate of drug-likeness (QED) is 0.511. The number of carbonyl (C=O) groups excluding carboxylic acids is 1. The number of ether oxygens (including phenoxy) is 3.